The summed E-state index contributed by atoms with van der Waals surface area (Å²) in [6.45, 7) is 6.26. The van der Waals surface area contributed by atoms with Gasteiger partial charge in [-0.3, -0.25) is 4.79 Å². The van der Waals surface area contributed by atoms with E-state index in [4.69, 9.17) is 14.5 Å². The second-order valence-corrected chi connectivity index (χ2v) is 8.94. The first-order chi connectivity index (χ1) is 16.7. The van der Waals surface area contributed by atoms with Gasteiger partial charge in [0.2, 0.25) is 0 Å². The third-order valence-corrected chi connectivity index (χ3v) is 7.12. The topological polar surface area (TPSA) is 111 Å². The van der Waals surface area contributed by atoms with Crippen LogP contribution in [-0.2, 0) is 34.7 Å². The molecular weight excluding hydrogens is 450 g/mol. The van der Waals surface area contributed by atoms with Crippen molar-refractivity contribution < 1.29 is 24.2 Å². The van der Waals surface area contributed by atoms with Crippen LogP contribution < -0.4 is 10.3 Å². The minimum atomic E-state index is -1.86. The van der Waals surface area contributed by atoms with Gasteiger partial charge in [-0.25, -0.2) is 14.6 Å². The van der Waals surface area contributed by atoms with Gasteiger partial charge in [-0.1, -0.05) is 13.8 Å². The van der Waals surface area contributed by atoms with E-state index in [-0.39, 0.29) is 18.6 Å². The maximum absolute atomic E-state index is 13.4. The third-order valence-electron chi connectivity index (χ3n) is 7.12. The molecule has 0 radical (unpaired) electrons. The van der Waals surface area contributed by atoms with Crippen LogP contribution in [0, 0.1) is 0 Å². The summed E-state index contributed by atoms with van der Waals surface area (Å²) in [7, 11) is 1.67. The number of amides is 1. The van der Waals surface area contributed by atoms with Crippen molar-refractivity contribution in [2.45, 2.75) is 52.4 Å². The second kappa shape index (κ2) is 8.20. The van der Waals surface area contributed by atoms with Gasteiger partial charge in [-0.15, -0.1) is 0 Å². The van der Waals surface area contributed by atoms with Crippen LogP contribution in [0.25, 0.3) is 22.3 Å². The Balaban J connectivity index is 1.67. The van der Waals surface area contributed by atoms with Crippen molar-refractivity contribution in [2.75, 3.05) is 13.6 Å². The van der Waals surface area contributed by atoms with Crippen molar-refractivity contribution in [1.82, 2.24) is 14.5 Å². The Bertz CT molecular complexity index is 1460. The molecule has 0 spiro atoms. The fraction of sp³-hybridized carbons (Fsp3) is 0.385. The lowest BCUT2D eigenvalue weighted by molar-refractivity contribution is -0.172. The van der Waals surface area contributed by atoms with Gasteiger partial charge in [0, 0.05) is 30.1 Å². The minimum absolute atomic E-state index is 0.0919. The zero-order valence-corrected chi connectivity index (χ0v) is 20.2. The second-order valence-electron chi connectivity index (χ2n) is 8.94. The normalized spacial score (nSPS) is 18.0. The predicted molar refractivity (Wildman–Crippen MR) is 128 cm³/mol. The maximum Gasteiger partial charge on any atom is 0.414 e. The molecule has 0 saturated heterocycles. The number of aliphatic hydroxyl groups is 1. The van der Waals surface area contributed by atoms with E-state index in [1.807, 2.05) is 19.9 Å². The smallest absolute Gasteiger partial charge is 0.414 e. The molecule has 3 aromatic rings. The molecule has 1 atom stereocenters. The zero-order valence-electron chi connectivity index (χ0n) is 20.2. The molecule has 0 aliphatic carbocycles. The standard InChI is InChI=1S/C26H27N3O6/c1-5-15-16-10-14(35-25(32)28(4)7-3)8-9-20(16)27-22-17(15)12-29-21(22)11-19-18(23(29)30)13-34-24(31)26(19,33)6-2/h8-11,33H,5-7,12-13H2,1-4H3/t26-/m0/s1. The average molecular weight is 478 g/mol. The highest BCUT2D eigenvalue weighted by Gasteiger charge is 2.45. The van der Waals surface area contributed by atoms with Crippen molar-refractivity contribution in [3.63, 3.8) is 0 Å². The molecule has 0 unspecified atom stereocenters. The summed E-state index contributed by atoms with van der Waals surface area (Å²) in [4.78, 5) is 44.3. The third kappa shape index (κ3) is 3.33. The summed E-state index contributed by atoms with van der Waals surface area (Å²) < 4.78 is 12.3. The molecule has 4 heterocycles. The van der Waals surface area contributed by atoms with E-state index in [1.165, 1.54) is 4.90 Å². The molecule has 9 nitrogen and oxygen atoms in total. The Hall–Kier alpha value is -3.72. The molecule has 1 N–H and O–H groups in total. The number of hydrogen-bond donors (Lipinski definition) is 1. The van der Waals surface area contributed by atoms with E-state index in [0.717, 1.165) is 16.5 Å². The van der Waals surface area contributed by atoms with Crippen LogP contribution in [-0.4, -0.2) is 45.2 Å². The number of carbonyl (C=O) groups excluding carboxylic acids is 2. The SMILES string of the molecule is CCc1c2c(nc3ccc(OC(=O)N(C)CC)cc13)-c1cc3c(c(=O)n1C2)COC(=O)[C@]3(O)CC. The summed E-state index contributed by atoms with van der Waals surface area (Å²) >= 11 is 0. The zero-order chi connectivity index (χ0) is 25.1. The fourth-order valence-electron chi connectivity index (χ4n) is 4.92. The summed E-state index contributed by atoms with van der Waals surface area (Å²) in [6, 6.07) is 7.01. The first-order valence-electron chi connectivity index (χ1n) is 11.8. The van der Waals surface area contributed by atoms with Gasteiger partial charge in [0.25, 0.3) is 5.56 Å². The Kier molecular flexibility index (Phi) is 5.40. The van der Waals surface area contributed by atoms with E-state index in [0.29, 0.717) is 53.3 Å². The van der Waals surface area contributed by atoms with E-state index in [1.54, 1.807) is 36.7 Å². The number of carbonyl (C=O) groups is 2. The molecule has 35 heavy (non-hydrogen) atoms. The van der Waals surface area contributed by atoms with Gasteiger partial charge >= 0.3 is 12.1 Å². The highest BCUT2D eigenvalue weighted by molar-refractivity contribution is 5.90. The van der Waals surface area contributed by atoms with Crippen molar-refractivity contribution >= 4 is 23.0 Å². The van der Waals surface area contributed by atoms with Crippen LogP contribution in [0.4, 0.5) is 4.79 Å². The van der Waals surface area contributed by atoms with Gasteiger partial charge in [0.15, 0.2) is 5.60 Å². The van der Waals surface area contributed by atoms with E-state index < -0.39 is 17.7 Å². The lowest BCUT2D eigenvalue weighted by Crippen LogP contribution is -2.44. The Morgan fingerprint density at radius 2 is 2.00 bits per heavy atom. The molecule has 9 heteroatoms. The number of rotatable bonds is 4. The highest BCUT2D eigenvalue weighted by atomic mass is 16.6. The first-order valence-corrected chi connectivity index (χ1v) is 11.8. The first kappa shape index (κ1) is 23.0. The van der Waals surface area contributed by atoms with Gasteiger partial charge < -0.3 is 24.0 Å². The largest absolute Gasteiger partial charge is 0.458 e. The maximum atomic E-state index is 13.4. The van der Waals surface area contributed by atoms with Gasteiger partial charge in [-0.2, -0.15) is 0 Å². The summed E-state index contributed by atoms with van der Waals surface area (Å²) in [5.41, 5.74) is 2.27. The number of hydrogen-bond acceptors (Lipinski definition) is 7. The van der Waals surface area contributed by atoms with Crippen LogP contribution >= 0.6 is 0 Å². The molecule has 1 amide bonds. The molecule has 0 bridgehead atoms. The minimum Gasteiger partial charge on any atom is -0.458 e. The van der Waals surface area contributed by atoms with Crippen molar-refractivity contribution in [1.29, 1.82) is 0 Å². The molecule has 0 saturated carbocycles. The number of fused-ring (bicyclic) bond motifs is 5. The van der Waals surface area contributed by atoms with Gasteiger partial charge in [0.05, 0.1) is 29.0 Å². The van der Waals surface area contributed by atoms with E-state index in [9.17, 15) is 19.5 Å². The molecular formula is C26H27N3O6. The molecule has 1 aromatic carbocycles. The quantitative estimate of drug-likeness (QED) is 0.450. The van der Waals surface area contributed by atoms with Crippen LogP contribution in [0.1, 0.15) is 49.4 Å². The van der Waals surface area contributed by atoms with Gasteiger partial charge in [0.1, 0.15) is 12.4 Å². The van der Waals surface area contributed by atoms with E-state index >= 15 is 0 Å². The summed E-state index contributed by atoms with van der Waals surface area (Å²) in [5.74, 6) is -0.322. The van der Waals surface area contributed by atoms with Crippen molar-refractivity contribution in [2.24, 2.45) is 0 Å². The lowest BCUT2D eigenvalue weighted by atomic mass is 9.86. The Morgan fingerprint density at radius 3 is 2.69 bits per heavy atom. The number of aryl methyl sites for hydroxylation is 1. The Labute approximate surface area is 201 Å². The number of nitrogens with zero attached hydrogens (tertiary/aromatic N) is 3. The average Bonchev–Trinajstić information content (AvgIpc) is 3.23. The van der Waals surface area contributed by atoms with Crippen molar-refractivity contribution in [3.05, 3.63) is 56.9 Å². The van der Waals surface area contributed by atoms with Crippen LogP contribution in [0.2, 0.25) is 0 Å². The monoisotopic (exact) mass is 477 g/mol. The lowest BCUT2D eigenvalue weighted by Gasteiger charge is -2.31. The molecule has 2 aliphatic rings. The van der Waals surface area contributed by atoms with Crippen LogP contribution in [0.15, 0.2) is 29.1 Å². The van der Waals surface area contributed by atoms with E-state index in [2.05, 4.69) is 0 Å². The summed E-state index contributed by atoms with van der Waals surface area (Å²) in [5, 5.41) is 11.9. The molecule has 182 valence electrons. The number of pyridine rings is 2. The molecule has 0 fully saturated rings. The van der Waals surface area contributed by atoms with Gasteiger partial charge in [-0.05, 0) is 49.6 Å². The number of aromatic nitrogens is 2. The van der Waals surface area contributed by atoms with Crippen LogP contribution in [0.3, 0.4) is 0 Å². The van der Waals surface area contributed by atoms with Crippen LogP contribution in [0.5, 0.6) is 5.75 Å². The number of benzene rings is 1. The summed E-state index contributed by atoms with van der Waals surface area (Å²) in [6.07, 6.45) is 0.328. The van der Waals surface area contributed by atoms with Crippen molar-refractivity contribution in [3.8, 4) is 17.1 Å². The Morgan fingerprint density at radius 1 is 1.23 bits per heavy atom. The number of esters is 1. The number of ether oxygens (including phenoxy) is 2. The highest BCUT2D eigenvalue weighted by Crippen LogP contribution is 2.40. The molecule has 2 aromatic heterocycles. The number of cyclic esters (lactones) is 1. The fourth-order valence-corrected chi connectivity index (χ4v) is 4.92. The molecule has 5 rings (SSSR count). The predicted octanol–water partition coefficient (Wildman–Crippen LogP) is 3.09. The molecule has 2 aliphatic heterocycles.